The maximum absolute atomic E-state index is 13.5. The molecule has 0 heterocycles. The van der Waals surface area contributed by atoms with Crippen molar-refractivity contribution in [3.05, 3.63) is 59.4 Å². The van der Waals surface area contributed by atoms with Crippen LogP contribution in [0, 0.1) is 17.1 Å². The number of nitrogen functional groups attached to an aromatic ring is 1. The van der Waals surface area contributed by atoms with E-state index in [9.17, 15) is 4.39 Å². The van der Waals surface area contributed by atoms with Gasteiger partial charge in [0.05, 0.1) is 5.69 Å². The lowest BCUT2D eigenvalue weighted by molar-refractivity contribution is 0.305. The average molecular weight is 242 g/mol. The molecule has 0 atom stereocenters. The second-order valence-corrected chi connectivity index (χ2v) is 3.76. The standard InChI is InChI=1S/C14H11FN2O/c15-13-6-11(7-14(17)12(13)8-16)18-9-10-4-2-1-3-5-10/h1-7H,9,17H2. The molecular formula is C14H11FN2O. The van der Waals surface area contributed by atoms with E-state index >= 15 is 0 Å². The van der Waals surface area contributed by atoms with Crippen molar-refractivity contribution in [2.24, 2.45) is 0 Å². The minimum absolute atomic E-state index is 0.0839. The van der Waals surface area contributed by atoms with E-state index in [2.05, 4.69) is 0 Å². The second kappa shape index (κ2) is 5.19. The molecule has 0 spiro atoms. The molecule has 2 aromatic rings. The minimum Gasteiger partial charge on any atom is -0.489 e. The van der Waals surface area contributed by atoms with Crippen LogP contribution in [-0.2, 0) is 6.61 Å². The summed E-state index contributed by atoms with van der Waals surface area (Å²) >= 11 is 0. The maximum atomic E-state index is 13.5. The smallest absolute Gasteiger partial charge is 0.146 e. The molecule has 3 nitrogen and oxygen atoms in total. The van der Waals surface area contributed by atoms with Crippen molar-refractivity contribution in [3.63, 3.8) is 0 Å². The van der Waals surface area contributed by atoms with Crippen LogP contribution >= 0.6 is 0 Å². The van der Waals surface area contributed by atoms with Crippen molar-refractivity contribution in [3.8, 4) is 11.8 Å². The molecule has 0 aliphatic carbocycles. The number of hydrogen-bond acceptors (Lipinski definition) is 3. The van der Waals surface area contributed by atoms with Gasteiger partial charge in [-0.3, -0.25) is 0 Å². The minimum atomic E-state index is -0.666. The van der Waals surface area contributed by atoms with E-state index in [1.165, 1.54) is 6.07 Å². The van der Waals surface area contributed by atoms with E-state index in [1.807, 2.05) is 30.3 Å². The van der Waals surface area contributed by atoms with Crippen LogP contribution in [0.5, 0.6) is 5.75 Å². The van der Waals surface area contributed by atoms with Crippen LogP contribution in [-0.4, -0.2) is 0 Å². The van der Waals surface area contributed by atoms with Crippen molar-refractivity contribution in [2.45, 2.75) is 6.61 Å². The Kier molecular flexibility index (Phi) is 3.44. The molecule has 0 radical (unpaired) electrons. The van der Waals surface area contributed by atoms with E-state index in [0.717, 1.165) is 11.6 Å². The second-order valence-electron chi connectivity index (χ2n) is 3.76. The highest BCUT2D eigenvalue weighted by molar-refractivity contribution is 5.57. The fourth-order valence-corrected chi connectivity index (χ4v) is 1.54. The molecule has 90 valence electrons. The highest BCUT2D eigenvalue weighted by atomic mass is 19.1. The summed E-state index contributed by atoms with van der Waals surface area (Å²) in [4.78, 5) is 0. The van der Waals surface area contributed by atoms with Gasteiger partial charge in [0.2, 0.25) is 0 Å². The van der Waals surface area contributed by atoms with Crippen molar-refractivity contribution in [2.75, 3.05) is 5.73 Å². The maximum Gasteiger partial charge on any atom is 0.146 e. The molecule has 0 unspecified atom stereocenters. The molecule has 0 saturated carbocycles. The first-order valence-corrected chi connectivity index (χ1v) is 5.36. The summed E-state index contributed by atoms with van der Waals surface area (Å²) in [6.07, 6.45) is 0. The molecule has 0 aliphatic rings. The number of nitriles is 1. The Morgan fingerprint density at radius 2 is 1.94 bits per heavy atom. The molecule has 0 bridgehead atoms. The van der Waals surface area contributed by atoms with Gasteiger partial charge in [0.1, 0.15) is 29.8 Å². The number of nitrogens with two attached hydrogens (primary N) is 1. The molecular weight excluding hydrogens is 231 g/mol. The number of rotatable bonds is 3. The Balaban J connectivity index is 2.14. The third-order valence-electron chi connectivity index (χ3n) is 2.45. The number of anilines is 1. The summed E-state index contributed by atoms with van der Waals surface area (Å²) in [5, 5.41) is 8.69. The average Bonchev–Trinajstić information content (AvgIpc) is 2.37. The number of nitrogens with zero attached hydrogens (tertiary/aromatic N) is 1. The van der Waals surface area contributed by atoms with Crippen LogP contribution in [0.1, 0.15) is 11.1 Å². The van der Waals surface area contributed by atoms with Gasteiger partial charge in [-0.1, -0.05) is 30.3 Å². The molecule has 0 amide bonds. The fraction of sp³-hybridized carbons (Fsp3) is 0.0714. The Hall–Kier alpha value is -2.54. The van der Waals surface area contributed by atoms with Gasteiger partial charge in [0.25, 0.3) is 0 Å². The van der Waals surface area contributed by atoms with Crippen LogP contribution in [0.25, 0.3) is 0 Å². The van der Waals surface area contributed by atoms with E-state index in [-0.39, 0.29) is 11.3 Å². The number of halogens is 1. The summed E-state index contributed by atoms with van der Waals surface area (Å²) in [6, 6.07) is 13.8. The molecule has 0 fully saturated rings. The van der Waals surface area contributed by atoms with Gasteiger partial charge in [-0.05, 0) is 5.56 Å². The zero-order valence-electron chi connectivity index (χ0n) is 9.56. The molecule has 0 aliphatic heterocycles. The summed E-state index contributed by atoms with van der Waals surface area (Å²) in [5.74, 6) is -0.353. The predicted octanol–water partition coefficient (Wildman–Crippen LogP) is 2.86. The van der Waals surface area contributed by atoms with Gasteiger partial charge in [-0.15, -0.1) is 0 Å². The lowest BCUT2D eigenvalue weighted by Crippen LogP contribution is -1.99. The molecule has 2 rings (SSSR count). The van der Waals surface area contributed by atoms with Crippen LogP contribution in [0.3, 0.4) is 0 Å². The first-order chi connectivity index (χ1) is 8.70. The molecule has 2 aromatic carbocycles. The predicted molar refractivity (Wildman–Crippen MR) is 66.3 cm³/mol. The molecule has 0 saturated heterocycles. The van der Waals surface area contributed by atoms with Gasteiger partial charge in [-0.25, -0.2) is 4.39 Å². The lowest BCUT2D eigenvalue weighted by atomic mass is 10.2. The Morgan fingerprint density at radius 1 is 1.22 bits per heavy atom. The van der Waals surface area contributed by atoms with Gasteiger partial charge in [-0.2, -0.15) is 5.26 Å². The highest BCUT2D eigenvalue weighted by Crippen LogP contribution is 2.23. The van der Waals surface area contributed by atoms with Crippen LogP contribution in [0.15, 0.2) is 42.5 Å². The summed E-state index contributed by atoms with van der Waals surface area (Å²) in [5.41, 5.74) is 6.47. The molecule has 18 heavy (non-hydrogen) atoms. The third kappa shape index (κ3) is 2.58. The monoisotopic (exact) mass is 242 g/mol. The van der Waals surface area contributed by atoms with Crippen LogP contribution < -0.4 is 10.5 Å². The number of benzene rings is 2. The van der Waals surface area contributed by atoms with Crippen molar-refractivity contribution in [1.82, 2.24) is 0 Å². The van der Waals surface area contributed by atoms with Crippen molar-refractivity contribution < 1.29 is 9.13 Å². The fourth-order valence-electron chi connectivity index (χ4n) is 1.54. The van der Waals surface area contributed by atoms with Crippen molar-refractivity contribution in [1.29, 1.82) is 5.26 Å². The van der Waals surface area contributed by atoms with E-state index in [4.69, 9.17) is 15.7 Å². The quantitative estimate of drug-likeness (QED) is 0.842. The van der Waals surface area contributed by atoms with Gasteiger partial charge >= 0.3 is 0 Å². The molecule has 2 N–H and O–H groups in total. The van der Waals surface area contributed by atoms with E-state index in [0.29, 0.717) is 12.4 Å². The largest absolute Gasteiger partial charge is 0.489 e. The van der Waals surface area contributed by atoms with E-state index < -0.39 is 5.82 Å². The first-order valence-electron chi connectivity index (χ1n) is 5.36. The molecule has 4 heteroatoms. The highest BCUT2D eigenvalue weighted by Gasteiger charge is 2.09. The van der Waals surface area contributed by atoms with E-state index in [1.54, 1.807) is 6.07 Å². The van der Waals surface area contributed by atoms with Gasteiger partial charge in [0.15, 0.2) is 0 Å². The first kappa shape index (κ1) is 11.9. The Labute approximate surface area is 104 Å². The topological polar surface area (TPSA) is 59.0 Å². The lowest BCUT2D eigenvalue weighted by Gasteiger charge is -2.08. The number of hydrogen-bond donors (Lipinski definition) is 1. The third-order valence-corrected chi connectivity index (χ3v) is 2.45. The van der Waals surface area contributed by atoms with Gasteiger partial charge < -0.3 is 10.5 Å². The summed E-state index contributed by atoms with van der Waals surface area (Å²) in [6.45, 7) is 0.325. The zero-order chi connectivity index (χ0) is 13.0. The Morgan fingerprint density at radius 3 is 2.56 bits per heavy atom. The SMILES string of the molecule is N#Cc1c(N)cc(OCc2ccccc2)cc1F. The van der Waals surface area contributed by atoms with Crippen molar-refractivity contribution >= 4 is 5.69 Å². The zero-order valence-corrected chi connectivity index (χ0v) is 9.56. The van der Waals surface area contributed by atoms with Crippen LogP contribution in [0.4, 0.5) is 10.1 Å². The van der Waals surface area contributed by atoms with Gasteiger partial charge in [0, 0.05) is 12.1 Å². The van der Waals surface area contributed by atoms with Crippen LogP contribution in [0.2, 0.25) is 0 Å². The summed E-state index contributed by atoms with van der Waals surface area (Å²) in [7, 11) is 0. The number of ether oxygens (including phenoxy) is 1. The normalized spacial score (nSPS) is 9.78. The summed E-state index contributed by atoms with van der Waals surface area (Å²) < 4.78 is 18.9. The molecule has 0 aromatic heterocycles. The Bertz CT molecular complexity index is 567.